The van der Waals surface area contributed by atoms with Gasteiger partial charge in [-0.2, -0.15) is 0 Å². The summed E-state index contributed by atoms with van der Waals surface area (Å²) in [5.74, 6) is 2.05. The van der Waals surface area contributed by atoms with Gasteiger partial charge in [0.2, 0.25) is 0 Å². The van der Waals surface area contributed by atoms with E-state index in [1.165, 1.54) is 0 Å². The first-order valence-corrected chi connectivity index (χ1v) is 6.02. The molecule has 0 aromatic heterocycles. The molecule has 0 spiro atoms. The van der Waals surface area contributed by atoms with Gasteiger partial charge in [-0.05, 0) is 20.8 Å². The van der Waals surface area contributed by atoms with E-state index in [4.69, 9.17) is 11.5 Å². The van der Waals surface area contributed by atoms with Crippen LogP contribution in [0, 0.1) is 20.8 Å². The lowest BCUT2D eigenvalue weighted by atomic mass is 10.0. The highest BCUT2D eigenvalue weighted by atomic mass is 79.9. The zero-order valence-electron chi connectivity index (χ0n) is 8.36. The molecule has 0 heterocycles. The minimum absolute atomic E-state index is 0.685. The van der Waals surface area contributed by atoms with Crippen molar-refractivity contribution in [2.45, 2.75) is 20.8 Å². The summed E-state index contributed by atoms with van der Waals surface area (Å²) in [6.07, 6.45) is 0. The number of benzene rings is 1. The van der Waals surface area contributed by atoms with Crippen LogP contribution in [-0.2, 0) is 0 Å². The number of rotatable bonds is 3. The topological polar surface area (TPSA) is 27.7 Å². The van der Waals surface area contributed by atoms with Gasteiger partial charge < -0.3 is 11.5 Å². The van der Waals surface area contributed by atoms with Crippen LogP contribution in [0.5, 0.6) is 17.2 Å². The fraction of sp³-hybridized carbons (Fsp3) is 0.333. The SMILES string of the molecule is Cc1c(OBr)c(C)c(OBr)c(C)c1OBr. The van der Waals surface area contributed by atoms with Crippen LogP contribution in [0.2, 0.25) is 0 Å². The Morgan fingerprint density at radius 3 is 0.933 bits per heavy atom. The molecule has 0 saturated heterocycles. The molecular formula is C9H9Br3O3. The molecule has 0 aliphatic carbocycles. The first-order chi connectivity index (χ1) is 7.08. The minimum Gasteiger partial charge on any atom is -0.417 e. The monoisotopic (exact) mass is 402 g/mol. The molecule has 0 radical (unpaired) electrons. The molecule has 0 aliphatic rings. The zero-order chi connectivity index (χ0) is 11.6. The lowest BCUT2D eigenvalue weighted by Gasteiger charge is -2.16. The number of hydrogen-bond donors (Lipinski definition) is 0. The molecular weight excluding hydrogens is 396 g/mol. The lowest BCUT2D eigenvalue weighted by molar-refractivity contribution is 0.595. The summed E-state index contributed by atoms with van der Waals surface area (Å²) >= 11 is 8.91. The summed E-state index contributed by atoms with van der Waals surface area (Å²) in [5, 5.41) is 0. The highest BCUT2D eigenvalue weighted by molar-refractivity contribution is 9.06. The summed E-state index contributed by atoms with van der Waals surface area (Å²) in [6, 6.07) is 0. The predicted molar refractivity (Wildman–Crippen MR) is 69.3 cm³/mol. The molecule has 0 atom stereocenters. The molecule has 1 rings (SSSR count). The zero-order valence-corrected chi connectivity index (χ0v) is 13.1. The molecule has 15 heavy (non-hydrogen) atoms. The second-order valence-corrected chi connectivity index (χ2v) is 4.07. The maximum Gasteiger partial charge on any atom is 0.179 e. The van der Waals surface area contributed by atoms with Gasteiger partial charge in [0.1, 0.15) is 17.2 Å². The third-order valence-corrected chi connectivity index (χ3v) is 3.25. The smallest absolute Gasteiger partial charge is 0.179 e. The fourth-order valence-electron chi connectivity index (χ4n) is 1.50. The summed E-state index contributed by atoms with van der Waals surface area (Å²) in [7, 11) is 0. The van der Waals surface area contributed by atoms with E-state index in [0.29, 0.717) is 17.2 Å². The fourth-order valence-corrected chi connectivity index (χ4v) is 2.96. The Kier molecular flexibility index (Phi) is 4.73. The van der Waals surface area contributed by atoms with Crippen molar-refractivity contribution in [3.63, 3.8) is 0 Å². The highest BCUT2D eigenvalue weighted by Gasteiger charge is 2.20. The first kappa shape index (κ1) is 13.1. The summed E-state index contributed by atoms with van der Waals surface area (Å²) < 4.78 is 15.4. The molecule has 0 N–H and O–H groups in total. The Bertz CT molecular complexity index is 301. The lowest BCUT2D eigenvalue weighted by Crippen LogP contribution is -1.96. The van der Waals surface area contributed by atoms with Gasteiger partial charge in [-0.3, -0.25) is 0 Å². The van der Waals surface area contributed by atoms with E-state index in [1.54, 1.807) is 0 Å². The molecule has 0 amide bonds. The Morgan fingerprint density at radius 2 is 0.800 bits per heavy atom. The third-order valence-electron chi connectivity index (χ3n) is 2.28. The van der Waals surface area contributed by atoms with Gasteiger partial charge in [-0.1, -0.05) is 0 Å². The van der Waals surface area contributed by atoms with Crippen LogP contribution in [0.15, 0.2) is 0 Å². The Balaban J connectivity index is 3.57. The van der Waals surface area contributed by atoms with Crippen molar-refractivity contribution in [1.29, 1.82) is 0 Å². The van der Waals surface area contributed by atoms with Crippen molar-refractivity contribution in [3.05, 3.63) is 16.7 Å². The van der Waals surface area contributed by atoms with Gasteiger partial charge in [-0.25, -0.2) is 0 Å². The summed E-state index contributed by atoms with van der Waals surface area (Å²) in [6.45, 7) is 5.72. The largest absolute Gasteiger partial charge is 0.417 e. The van der Waals surface area contributed by atoms with E-state index in [-0.39, 0.29) is 0 Å². The van der Waals surface area contributed by atoms with Gasteiger partial charge in [0.25, 0.3) is 0 Å². The van der Waals surface area contributed by atoms with Crippen LogP contribution in [0.25, 0.3) is 0 Å². The Morgan fingerprint density at radius 1 is 0.600 bits per heavy atom. The normalized spacial score (nSPS) is 10.0. The van der Waals surface area contributed by atoms with Crippen molar-refractivity contribution in [1.82, 2.24) is 0 Å². The van der Waals surface area contributed by atoms with E-state index in [9.17, 15) is 0 Å². The van der Waals surface area contributed by atoms with Gasteiger partial charge in [-0.15, -0.1) is 0 Å². The highest BCUT2D eigenvalue weighted by Crippen LogP contribution is 2.44. The van der Waals surface area contributed by atoms with Gasteiger partial charge in [0.05, 0.1) is 0 Å². The van der Waals surface area contributed by atoms with Gasteiger partial charge >= 0.3 is 0 Å². The van der Waals surface area contributed by atoms with Crippen molar-refractivity contribution in [2.24, 2.45) is 0 Å². The van der Waals surface area contributed by atoms with Gasteiger partial charge in [0.15, 0.2) is 48.8 Å². The second-order valence-electron chi connectivity index (χ2n) is 3.09. The van der Waals surface area contributed by atoms with Crippen LogP contribution >= 0.6 is 48.8 Å². The molecule has 84 valence electrons. The van der Waals surface area contributed by atoms with Crippen molar-refractivity contribution >= 4 is 48.8 Å². The molecule has 1 aromatic rings. The first-order valence-electron chi connectivity index (χ1n) is 4.08. The molecule has 0 bridgehead atoms. The molecule has 3 nitrogen and oxygen atoms in total. The van der Waals surface area contributed by atoms with Crippen LogP contribution in [0.3, 0.4) is 0 Å². The van der Waals surface area contributed by atoms with Crippen molar-refractivity contribution < 1.29 is 11.5 Å². The van der Waals surface area contributed by atoms with Crippen LogP contribution in [0.4, 0.5) is 0 Å². The standard InChI is InChI=1S/C9H9Br3O3/c1-4-7(13-10)5(2)9(15-12)6(3)8(4)14-11/h1-3H3. The van der Waals surface area contributed by atoms with Crippen LogP contribution in [-0.4, -0.2) is 0 Å². The van der Waals surface area contributed by atoms with E-state index in [1.807, 2.05) is 20.8 Å². The van der Waals surface area contributed by atoms with E-state index >= 15 is 0 Å². The minimum atomic E-state index is 0.685. The number of hydrogen-bond acceptors (Lipinski definition) is 3. The quantitative estimate of drug-likeness (QED) is 0.732. The van der Waals surface area contributed by atoms with Crippen molar-refractivity contribution in [2.75, 3.05) is 0 Å². The average molecular weight is 405 g/mol. The van der Waals surface area contributed by atoms with Gasteiger partial charge in [0, 0.05) is 16.7 Å². The Labute approximate surface area is 114 Å². The predicted octanol–water partition coefficient (Wildman–Crippen LogP) is 4.68. The second kappa shape index (κ2) is 5.41. The van der Waals surface area contributed by atoms with E-state index < -0.39 is 0 Å². The third kappa shape index (κ3) is 2.26. The molecule has 1 aromatic carbocycles. The van der Waals surface area contributed by atoms with Crippen LogP contribution < -0.4 is 11.5 Å². The maximum atomic E-state index is 5.13. The molecule has 0 saturated carbocycles. The Hall–Kier alpha value is 0.0600. The molecule has 0 fully saturated rings. The average Bonchev–Trinajstić information content (AvgIpc) is 2.19. The summed E-state index contributed by atoms with van der Waals surface area (Å²) in [4.78, 5) is 0. The van der Waals surface area contributed by atoms with Crippen LogP contribution in [0.1, 0.15) is 16.7 Å². The van der Waals surface area contributed by atoms with E-state index in [0.717, 1.165) is 16.7 Å². The maximum absolute atomic E-state index is 5.13. The van der Waals surface area contributed by atoms with E-state index in [2.05, 4.69) is 48.8 Å². The molecule has 0 unspecified atom stereocenters. The number of halogens is 3. The van der Waals surface area contributed by atoms with Crippen molar-refractivity contribution in [3.8, 4) is 17.2 Å². The molecule has 0 aliphatic heterocycles. The summed E-state index contributed by atoms with van der Waals surface area (Å²) in [5.41, 5.74) is 2.69. The molecule has 6 heteroatoms.